The van der Waals surface area contributed by atoms with Crippen molar-refractivity contribution >= 4 is 0 Å². The fourth-order valence-electron chi connectivity index (χ4n) is 4.01. The Labute approximate surface area is 113 Å². The van der Waals surface area contributed by atoms with Crippen molar-refractivity contribution in [3.05, 3.63) is 0 Å². The second-order valence-electron chi connectivity index (χ2n) is 6.87. The molecule has 0 aromatic heterocycles. The molecule has 0 heterocycles. The summed E-state index contributed by atoms with van der Waals surface area (Å²) < 4.78 is 0. The maximum absolute atomic E-state index is 6.23. The highest BCUT2D eigenvalue weighted by Gasteiger charge is 2.39. The Morgan fingerprint density at radius 2 is 2.00 bits per heavy atom. The molecule has 2 rings (SSSR count). The van der Waals surface area contributed by atoms with Crippen LogP contribution in [0.5, 0.6) is 0 Å². The highest BCUT2D eigenvalue weighted by Crippen LogP contribution is 2.38. The Morgan fingerprint density at radius 1 is 1.22 bits per heavy atom. The van der Waals surface area contributed by atoms with Crippen LogP contribution in [0, 0.1) is 11.8 Å². The molecule has 2 fully saturated rings. The number of nitrogens with zero attached hydrogens (tertiary/aromatic N) is 1. The molecule has 2 atom stereocenters. The zero-order valence-corrected chi connectivity index (χ0v) is 12.5. The normalized spacial score (nSPS) is 33.7. The van der Waals surface area contributed by atoms with E-state index < -0.39 is 0 Å². The molecule has 18 heavy (non-hydrogen) atoms. The van der Waals surface area contributed by atoms with Gasteiger partial charge in [0, 0.05) is 18.6 Å². The first kappa shape index (κ1) is 14.3. The van der Waals surface area contributed by atoms with Gasteiger partial charge in [0.1, 0.15) is 0 Å². The lowest BCUT2D eigenvalue weighted by Crippen LogP contribution is -2.58. The lowest BCUT2D eigenvalue weighted by atomic mass is 9.74. The summed E-state index contributed by atoms with van der Waals surface area (Å²) in [5.74, 6) is 1.83. The molecule has 0 saturated heterocycles. The van der Waals surface area contributed by atoms with Crippen LogP contribution in [0.3, 0.4) is 0 Å². The molecular weight excluding hydrogens is 220 g/mol. The summed E-state index contributed by atoms with van der Waals surface area (Å²) in [6, 6.07) is 0. The predicted molar refractivity (Wildman–Crippen MR) is 78.6 cm³/mol. The zero-order chi connectivity index (χ0) is 13.0. The van der Waals surface area contributed by atoms with E-state index in [1.165, 1.54) is 64.5 Å². The van der Waals surface area contributed by atoms with E-state index in [0.717, 1.165) is 18.4 Å². The van der Waals surface area contributed by atoms with Crippen molar-refractivity contribution in [3.63, 3.8) is 0 Å². The Balaban J connectivity index is 2.03. The van der Waals surface area contributed by atoms with Crippen molar-refractivity contribution in [1.82, 2.24) is 4.90 Å². The van der Waals surface area contributed by atoms with E-state index in [1.54, 1.807) is 0 Å². The first-order valence-electron chi connectivity index (χ1n) is 8.15. The van der Waals surface area contributed by atoms with E-state index in [9.17, 15) is 0 Å². The Morgan fingerprint density at radius 3 is 2.50 bits per heavy atom. The molecule has 2 N–H and O–H groups in total. The van der Waals surface area contributed by atoms with Crippen LogP contribution in [0.15, 0.2) is 0 Å². The number of rotatable bonds is 6. The van der Waals surface area contributed by atoms with Crippen LogP contribution in [0.25, 0.3) is 0 Å². The van der Waals surface area contributed by atoms with Gasteiger partial charge in [-0.25, -0.2) is 0 Å². The van der Waals surface area contributed by atoms with Gasteiger partial charge >= 0.3 is 0 Å². The Bertz CT molecular complexity index is 249. The SMILES string of the molecule is CCCN(CC1CCC1)C1(CN)CCCC(C)C1. The van der Waals surface area contributed by atoms with Gasteiger partial charge in [-0.2, -0.15) is 0 Å². The van der Waals surface area contributed by atoms with Crippen molar-refractivity contribution in [3.8, 4) is 0 Å². The maximum atomic E-state index is 6.23. The second-order valence-corrected chi connectivity index (χ2v) is 6.87. The van der Waals surface area contributed by atoms with Crippen molar-refractivity contribution in [1.29, 1.82) is 0 Å². The first-order valence-corrected chi connectivity index (χ1v) is 8.15. The molecule has 2 aliphatic carbocycles. The van der Waals surface area contributed by atoms with E-state index in [4.69, 9.17) is 5.73 Å². The van der Waals surface area contributed by atoms with Crippen LogP contribution in [0.1, 0.15) is 65.2 Å². The summed E-state index contributed by atoms with van der Waals surface area (Å²) in [6.07, 6.45) is 11.1. The summed E-state index contributed by atoms with van der Waals surface area (Å²) in [5.41, 5.74) is 6.56. The van der Waals surface area contributed by atoms with Crippen LogP contribution < -0.4 is 5.73 Å². The van der Waals surface area contributed by atoms with Crippen molar-refractivity contribution in [2.45, 2.75) is 70.8 Å². The average molecular weight is 252 g/mol. The lowest BCUT2D eigenvalue weighted by Gasteiger charge is -2.50. The number of hydrogen-bond acceptors (Lipinski definition) is 2. The second kappa shape index (κ2) is 6.38. The summed E-state index contributed by atoms with van der Waals surface area (Å²) in [5, 5.41) is 0. The maximum Gasteiger partial charge on any atom is 0.0334 e. The van der Waals surface area contributed by atoms with E-state index in [-0.39, 0.29) is 0 Å². The molecule has 2 nitrogen and oxygen atoms in total. The van der Waals surface area contributed by atoms with Gasteiger partial charge in [0.2, 0.25) is 0 Å². The van der Waals surface area contributed by atoms with Gasteiger partial charge in [-0.15, -0.1) is 0 Å². The molecule has 0 aromatic rings. The van der Waals surface area contributed by atoms with Crippen LogP contribution in [0.2, 0.25) is 0 Å². The molecule has 2 heteroatoms. The van der Waals surface area contributed by atoms with Gasteiger partial charge in [0.05, 0.1) is 0 Å². The van der Waals surface area contributed by atoms with Crippen LogP contribution in [0.4, 0.5) is 0 Å². The smallest absolute Gasteiger partial charge is 0.0334 e. The molecule has 0 bridgehead atoms. The van der Waals surface area contributed by atoms with E-state index in [0.29, 0.717) is 5.54 Å². The molecular formula is C16H32N2. The minimum atomic E-state index is 0.337. The fourth-order valence-corrected chi connectivity index (χ4v) is 4.01. The summed E-state index contributed by atoms with van der Waals surface area (Å²) >= 11 is 0. The fraction of sp³-hybridized carbons (Fsp3) is 1.00. The van der Waals surface area contributed by atoms with Gasteiger partial charge in [-0.05, 0) is 50.5 Å². The molecule has 0 spiro atoms. The molecule has 0 aliphatic heterocycles. The topological polar surface area (TPSA) is 29.3 Å². The number of nitrogens with two attached hydrogens (primary N) is 1. The monoisotopic (exact) mass is 252 g/mol. The van der Waals surface area contributed by atoms with Crippen molar-refractivity contribution in [2.75, 3.05) is 19.6 Å². The minimum absolute atomic E-state index is 0.337. The van der Waals surface area contributed by atoms with Gasteiger partial charge in [-0.1, -0.05) is 33.1 Å². The van der Waals surface area contributed by atoms with Crippen LogP contribution in [-0.4, -0.2) is 30.1 Å². The summed E-state index contributed by atoms with van der Waals surface area (Å²) in [4.78, 5) is 2.78. The lowest BCUT2D eigenvalue weighted by molar-refractivity contribution is 0.0160. The van der Waals surface area contributed by atoms with Gasteiger partial charge in [0.25, 0.3) is 0 Å². The summed E-state index contributed by atoms with van der Waals surface area (Å²) in [7, 11) is 0. The number of hydrogen-bond donors (Lipinski definition) is 1. The molecule has 2 saturated carbocycles. The predicted octanol–water partition coefficient (Wildman–Crippen LogP) is 3.41. The third-order valence-corrected chi connectivity index (χ3v) is 5.32. The van der Waals surface area contributed by atoms with Crippen LogP contribution >= 0.6 is 0 Å². The molecule has 2 aliphatic rings. The molecule has 0 aromatic carbocycles. The first-order chi connectivity index (χ1) is 8.70. The van der Waals surface area contributed by atoms with Crippen molar-refractivity contribution < 1.29 is 0 Å². The summed E-state index contributed by atoms with van der Waals surface area (Å²) in [6.45, 7) is 8.16. The van der Waals surface area contributed by atoms with E-state index in [2.05, 4.69) is 18.7 Å². The average Bonchev–Trinajstić information content (AvgIpc) is 2.32. The van der Waals surface area contributed by atoms with E-state index >= 15 is 0 Å². The largest absolute Gasteiger partial charge is 0.329 e. The molecule has 2 unspecified atom stereocenters. The molecule has 0 amide bonds. The Hall–Kier alpha value is -0.0800. The highest BCUT2D eigenvalue weighted by molar-refractivity contribution is 4.97. The zero-order valence-electron chi connectivity index (χ0n) is 12.5. The van der Waals surface area contributed by atoms with Gasteiger partial charge < -0.3 is 5.73 Å². The van der Waals surface area contributed by atoms with Crippen LogP contribution in [-0.2, 0) is 0 Å². The quantitative estimate of drug-likeness (QED) is 0.785. The van der Waals surface area contributed by atoms with Gasteiger partial charge in [-0.3, -0.25) is 4.90 Å². The van der Waals surface area contributed by atoms with Crippen molar-refractivity contribution in [2.24, 2.45) is 17.6 Å². The standard InChI is InChI=1S/C16H32N2/c1-3-10-18(12-15-7-4-8-15)16(13-17)9-5-6-14(2)11-16/h14-15H,3-13,17H2,1-2H3. The molecule has 0 radical (unpaired) electrons. The third-order valence-electron chi connectivity index (χ3n) is 5.32. The Kier molecular flexibility index (Phi) is 5.08. The molecule has 106 valence electrons. The van der Waals surface area contributed by atoms with E-state index in [1.807, 2.05) is 0 Å². The third kappa shape index (κ3) is 3.08. The highest BCUT2D eigenvalue weighted by atomic mass is 15.2. The minimum Gasteiger partial charge on any atom is -0.329 e. The van der Waals surface area contributed by atoms with Gasteiger partial charge in [0.15, 0.2) is 0 Å².